The lowest BCUT2D eigenvalue weighted by atomic mass is 10.2. The molecule has 0 saturated carbocycles. The molecule has 0 aliphatic carbocycles. The van der Waals surface area contributed by atoms with Gasteiger partial charge in [-0.05, 0) is 118 Å². The first-order chi connectivity index (χ1) is 17.5. The van der Waals surface area contributed by atoms with Crippen LogP contribution < -0.4 is 5.32 Å². The van der Waals surface area contributed by atoms with Gasteiger partial charge in [0.1, 0.15) is 0 Å². The quantitative estimate of drug-likeness (QED) is 0.108. The van der Waals surface area contributed by atoms with E-state index in [0.717, 1.165) is 43.2 Å². The molecule has 0 aromatic heterocycles. The van der Waals surface area contributed by atoms with E-state index < -0.39 is 0 Å². The number of ether oxygens (including phenoxy) is 1. The van der Waals surface area contributed by atoms with Crippen LogP contribution >= 0.6 is 11.8 Å². The van der Waals surface area contributed by atoms with Crippen LogP contribution in [0.1, 0.15) is 42.5 Å². The van der Waals surface area contributed by atoms with Crippen molar-refractivity contribution in [3.63, 3.8) is 0 Å². The summed E-state index contributed by atoms with van der Waals surface area (Å²) in [5.74, 6) is 0.669. The number of methoxy groups -OCH3 is 1. The fraction of sp³-hybridized carbons (Fsp3) is 0.750. The SMILES string of the molecule is COC(=O)c1ccccc1SCCNCCCN(C)CCCN(C)CCCCN(C)CCCN1CC1. The van der Waals surface area contributed by atoms with Gasteiger partial charge in [0.15, 0.2) is 0 Å². The van der Waals surface area contributed by atoms with E-state index in [1.54, 1.807) is 11.8 Å². The number of unbranched alkanes of at least 4 members (excludes halogenated alkanes) is 1. The van der Waals surface area contributed by atoms with Gasteiger partial charge in [-0.15, -0.1) is 11.8 Å². The topological polar surface area (TPSA) is 51.1 Å². The Morgan fingerprint density at radius 3 is 2.08 bits per heavy atom. The van der Waals surface area contributed by atoms with Gasteiger partial charge in [-0.1, -0.05) is 12.1 Å². The minimum absolute atomic E-state index is 0.267. The zero-order chi connectivity index (χ0) is 26.0. The number of esters is 1. The van der Waals surface area contributed by atoms with Crippen LogP contribution in [0, 0.1) is 0 Å². The number of carbonyl (C=O) groups excluding carboxylic acids is 1. The fourth-order valence-corrected chi connectivity index (χ4v) is 5.22. The lowest BCUT2D eigenvalue weighted by Crippen LogP contribution is -2.29. The number of benzene rings is 1. The van der Waals surface area contributed by atoms with Gasteiger partial charge in [0.05, 0.1) is 12.7 Å². The first-order valence-electron chi connectivity index (χ1n) is 13.8. The van der Waals surface area contributed by atoms with Crippen molar-refractivity contribution in [3.05, 3.63) is 29.8 Å². The highest BCUT2D eigenvalue weighted by Gasteiger charge is 2.15. The van der Waals surface area contributed by atoms with Crippen molar-refractivity contribution >= 4 is 17.7 Å². The van der Waals surface area contributed by atoms with E-state index >= 15 is 0 Å². The van der Waals surface area contributed by atoms with Gasteiger partial charge in [-0.2, -0.15) is 0 Å². The minimum Gasteiger partial charge on any atom is -0.465 e. The van der Waals surface area contributed by atoms with Gasteiger partial charge in [-0.25, -0.2) is 4.79 Å². The van der Waals surface area contributed by atoms with E-state index in [0.29, 0.717) is 5.56 Å². The van der Waals surface area contributed by atoms with Gasteiger partial charge >= 0.3 is 5.97 Å². The first kappa shape index (κ1) is 31.1. The van der Waals surface area contributed by atoms with E-state index in [2.05, 4.69) is 46.1 Å². The molecule has 2 rings (SSSR count). The lowest BCUT2D eigenvalue weighted by molar-refractivity contribution is 0.0597. The normalized spacial score (nSPS) is 13.8. The molecule has 7 nitrogen and oxygen atoms in total. The molecule has 1 aliphatic rings. The lowest BCUT2D eigenvalue weighted by Gasteiger charge is -2.21. The van der Waals surface area contributed by atoms with Crippen molar-refractivity contribution in [1.29, 1.82) is 0 Å². The molecule has 0 spiro atoms. The van der Waals surface area contributed by atoms with Crippen molar-refractivity contribution in [1.82, 2.24) is 24.9 Å². The maximum Gasteiger partial charge on any atom is 0.338 e. The standard InChI is InChI=1S/C28H51N5O2S/c1-30(16-7-8-17-31(2)21-11-22-33-23-24-33)19-10-20-32(3)18-9-14-29-15-25-36-27-13-6-5-12-26(27)28(34)35-4/h5-6,12-13,29H,7-11,14-25H2,1-4H3. The number of hydrogen-bond donors (Lipinski definition) is 1. The zero-order valence-electron chi connectivity index (χ0n) is 23.3. The van der Waals surface area contributed by atoms with Crippen molar-refractivity contribution in [2.24, 2.45) is 0 Å². The van der Waals surface area contributed by atoms with Crippen molar-refractivity contribution in [2.75, 3.05) is 106 Å². The summed E-state index contributed by atoms with van der Waals surface area (Å²) in [6.45, 7) is 13.0. The van der Waals surface area contributed by atoms with Crippen molar-refractivity contribution in [3.8, 4) is 0 Å². The van der Waals surface area contributed by atoms with Crippen LogP contribution in [0.5, 0.6) is 0 Å². The highest BCUT2D eigenvalue weighted by atomic mass is 32.2. The third-order valence-electron chi connectivity index (χ3n) is 6.69. The molecule has 1 aromatic rings. The van der Waals surface area contributed by atoms with E-state index in [1.165, 1.54) is 78.6 Å². The molecule has 1 saturated heterocycles. The molecule has 1 heterocycles. The summed E-state index contributed by atoms with van der Waals surface area (Å²) in [6, 6.07) is 7.65. The summed E-state index contributed by atoms with van der Waals surface area (Å²) in [6.07, 6.45) is 6.29. The van der Waals surface area contributed by atoms with Crippen LogP contribution in [0.25, 0.3) is 0 Å². The molecule has 0 amide bonds. The first-order valence-corrected chi connectivity index (χ1v) is 14.8. The van der Waals surface area contributed by atoms with Gasteiger partial charge in [0, 0.05) is 30.3 Å². The van der Waals surface area contributed by atoms with Gasteiger partial charge in [0.25, 0.3) is 0 Å². The monoisotopic (exact) mass is 521 g/mol. The second kappa shape index (κ2) is 19.0. The predicted molar refractivity (Wildman–Crippen MR) is 153 cm³/mol. The van der Waals surface area contributed by atoms with Gasteiger partial charge in [0.2, 0.25) is 0 Å². The van der Waals surface area contributed by atoms with Crippen LogP contribution in [-0.2, 0) is 4.74 Å². The maximum atomic E-state index is 11.9. The molecule has 1 fully saturated rings. The van der Waals surface area contributed by atoms with Crippen molar-refractivity contribution < 1.29 is 9.53 Å². The number of carbonyl (C=O) groups is 1. The number of nitrogens with zero attached hydrogens (tertiary/aromatic N) is 4. The molecule has 0 bridgehead atoms. The number of thioether (sulfide) groups is 1. The van der Waals surface area contributed by atoms with Crippen LogP contribution in [-0.4, -0.2) is 132 Å². The molecule has 0 unspecified atom stereocenters. The second-order valence-electron chi connectivity index (χ2n) is 10.1. The van der Waals surface area contributed by atoms with E-state index in [9.17, 15) is 4.79 Å². The summed E-state index contributed by atoms with van der Waals surface area (Å²) >= 11 is 1.70. The Hall–Kier alpha value is -1.16. The molecule has 0 radical (unpaired) electrons. The Morgan fingerprint density at radius 1 is 0.861 bits per heavy atom. The molecular formula is C28H51N5O2S. The Morgan fingerprint density at radius 2 is 1.44 bits per heavy atom. The summed E-state index contributed by atoms with van der Waals surface area (Å²) in [5, 5.41) is 3.53. The summed E-state index contributed by atoms with van der Waals surface area (Å²) in [7, 11) is 8.19. The van der Waals surface area contributed by atoms with Crippen LogP contribution in [0.4, 0.5) is 0 Å². The summed E-state index contributed by atoms with van der Waals surface area (Å²) in [5.41, 5.74) is 0.651. The van der Waals surface area contributed by atoms with Crippen LogP contribution in [0.2, 0.25) is 0 Å². The Balaban J connectivity index is 1.38. The zero-order valence-corrected chi connectivity index (χ0v) is 24.2. The highest BCUT2D eigenvalue weighted by molar-refractivity contribution is 7.99. The van der Waals surface area contributed by atoms with E-state index in [-0.39, 0.29) is 5.97 Å². The van der Waals surface area contributed by atoms with E-state index in [1.807, 2.05) is 24.3 Å². The van der Waals surface area contributed by atoms with E-state index in [4.69, 9.17) is 4.74 Å². The second-order valence-corrected chi connectivity index (χ2v) is 11.2. The molecule has 1 aromatic carbocycles. The van der Waals surface area contributed by atoms with Crippen LogP contribution in [0.15, 0.2) is 29.2 Å². The largest absolute Gasteiger partial charge is 0.465 e. The van der Waals surface area contributed by atoms with Crippen molar-refractivity contribution in [2.45, 2.75) is 37.0 Å². The molecule has 8 heteroatoms. The summed E-state index contributed by atoms with van der Waals surface area (Å²) < 4.78 is 4.87. The Labute approximate surface area is 224 Å². The molecule has 0 atom stereocenters. The molecule has 1 N–H and O–H groups in total. The average molecular weight is 522 g/mol. The molecular weight excluding hydrogens is 470 g/mol. The maximum absolute atomic E-state index is 11.9. The fourth-order valence-electron chi connectivity index (χ4n) is 4.27. The third kappa shape index (κ3) is 14.5. The highest BCUT2D eigenvalue weighted by Crippen LogP contribution is 2.22. The summed E-state index contributed by atoms with van der Waals surface area (Å²) in [4.78, 5) is 22.8. The molecule has 1 aliphatic heterocycles. The van der Waals surface area contributed by atoms with Gasteiger partial charge in [-0.3, -0.25) is 0 Å². The predicted octanol–water partition coefficient (Wildman–Crippen LogP) is 3.22. The molecule has 36 heavy (non-hydrogen) atoms. The number of nitrogens with one attached hydrogen (secondary N) is 1. The Kier molecular flexibility index (Phi) is 16.4. The minimum atomic E-state index is -0.267. The van der Waals surface area contributed by atoms with Gasteiger partial charge < -0.3 is 29.7 Å². The molecule has 206 valence electrons. The number of hydrogen-bond acceptors (Lipinski definition) is 8. The smallest absolute Gasteiger partial charge is 0.338 e. The average Bonchev–Trinajstić information content (AvgIpc) is 3.70. The van der Waals surface area contributed by atoms with Crippen LogP contribution in [0.3, 0.4) is 0 Å². The Bertz CT molecular complexity index is 719. The third-order valence-corrected chi connectivity index (χ3v) is 7.76. The number of rotatable bonds is 22.